The van der Waals surface area contributed by atoms with Gasteiger partial charge in [-0.25, -0.2) is 9.97 Å². The van der Waals surface area contributed by atoms with Crippen LogP contribution in [0.5, 0.6) is 0 Å². The summed E-state index contributed by atoms with van der Waals surface area (Å²) in [6, 6.07) is 0. The van der Waals surface area contributed by atoms with E-state index in [1.165, 1.54) is 12.0 Å². The maximum Gasteiger partial charge on any atom is 0.131 e. The number of aryl methyl sites for hydroxylation is 2. The van der Waals surface area contributed by atoms with Crippen LogP contribution in [0, 0.1) is 19.8 Å². The van der Waals surface area contributed by atoms with E-state index in [0.717, 1.165) is 56.2 Å². The summed E-state index contributed by atoms with van der Waals surface area (Å²) in [6.45, 7) is 11.6. The zero-order valence-electron chi connectivity index (χ0n) is 13.9. The van der Waals surface area contributed by atoms with Crippen molar-refractivity contribution in [2.75, 3.05) is 19.7 Å². The first-order valence-electron chi connectivity index (χ1n) is 8.21. The molecule has 1 unspecified atom stereocenters. The second kappa shape index (κ2) is 7.85. The molecule has 1 saturated heterocycles. The molecule has 1 atom stereocenters. The molecular formula is C17H29N3O. The van der Waals surface area contributed by atoms with Gasteiger partial charge in [0.2, 0.25) is 0 Å². The van der Waals surface area contributed by atoms with Crippen LogP contribution >= 0.6 is 0 Å². The number of nitrogens with zero attached hydrogens (tertiary/aromatic N) is 2. The molecule has 1 fully saturated rings. The Hall–Kier alpha value is -1.00. The second-order valence-corrected chi connectivity index (χ2v) is 6.48. The van der Waals surface area contributed by atoms with E-state index in [2.05, 4.69) is 33.0 Å². The molecule has 1 aliphatic heterocycles. The molecular weight excluding hydrogens is 262 g/mol. The van der Waals surface area contributed by atoms with E-state index in [4.69, 9.17) is 14.7 Å². The smallest absolute Gasteiger partial charge is 0.131 e. The van der Waals surface area contributed by atoms with Crippen LogP contribution in [0.1, 0.15) is 49.5 Å². The third-order valence-corrected chi connectivity index (χ3v) is 4.01. The van der Waals surface area contributed by atoms with Crippen molar-refractivity contribution in [3.63, 3.8) is 0 Å². The molecule has 2 heterocycles. The van der Waals surface area contributed by atoms with E-state index < -0.39 is 0 Å². The standard InChI is InChI=1S/C17H29N3O/c1-12(2)11-18-8-7-16-13(3)19-17(20-14(16)4)10-15-6-5-9-21-15/h12,15,18H,5-11H2,1-4H3. The van der Waals surface area contributed by atoms with Crippen molar-refractivity contribution in [1.82, 2.24) is 15.3 Å². The Morgan fingerprint density at radius 3 is 2.52 bits per heavy atom. The summed E-state index contributed by atoms with van der Waals surface area (Å²) in [5.74, 6) is 1.63. The average molecular weight is 291 g/mol. The van der Waals surface area contributed by atoms with Crippen LogP contribution in [0.4, 0.5) is 0 Å². The lowest BCUT2D eigenvalue weighted by Gasteiger charge is -2.14. The van der Waals surface area contributed by atoms with Crippen LogP contribution in [0.15, 0.2) is 0 Å². The minimum absolute atomic E-state index is 0.322. The van der Waals surface area contributed by atoms with E-state index in [0.29, 0.717) is 12.0 Å². The molecule has 4 heteroatoms. The molecule has 0 spiro atoms. The zero-order chi connectivity index (χ0) is 15.2. The van der Waals surface area contributed by atoms with Gasteiger partial charge in [0.05, 0.1) is 6.10 Å². The third kappa shape index (κ3) is 5.04. The predicted molar refractivity (Wildman–Crippen MR) is 85.6 cm³/mol. The number of aromatic nitrogens is 2. The van der Waals surface area contributed by atoms with Crippen LogP contribution in [0.3, 0.4) is 0 Å². The number of hydrogen-bond donors (Lipinski definition) is 1. The number of rotatable bonds is 7. The number of hydrogen-bond acceptors (Lipinski definition) is 4. The van der Waals surface area contributed by atoms with Crippen molar-refractivity contribution in [3.8, 4) is 0 Å². The highest BCUT2D eigenvalue weighted by atomic mass is 16.5. The Morgan fingerprint density at radius 2 is 1.95 bits per heavy atom. The highest BCUT2D eigenvalue weighted by Gasteiger charge is 2.18. The van der Waals surface area contributed by atoms with Crippen molar-refractivity contribution in [2.45, 2.75) is 59.5 Å². The molecule has 0 bridgehead atoms. The average Bonchev–Trinajstić information content (AvgIpc) is 2.89. The lowest BCUT2D eigenvalue weighted by Crippen LogP contribution is -2.23. The van der Waals surface area contributed by atoms with Gasteiger partial charge in [-0.3, -0.25) is 0 Å². The molecule has 0 radical (unpaired) electrons. The fourth-order valence-corrected chi connectivity index (χ4v) is 2.88. The van der Waals surface area contributed by atoms with Crippen LogP contribution in [-0.4, -0.2) is 35.8 Å². The van der Waals surface area contributed by atoms with Gasteiger partial charge in [-0.2, -0.15) is 0 Å². The second-order valence-electron chi connectivity index (χ2n) is 6.48. The normalized spacial score (nSPS) is 18.6. The van der Waals surface area contributed by atoms with Crippen LogP contribution < -0.4 is 5.32 Å². The van der Waals surface area contributed by atoms with E-state index >= 15 is 0 Å². The highest BCUT2D eigenvalue weighted by molar-refractivity contribution is 5.25. The molecule has 1 N–H and O–H groups in total. The summed E-state index contributed by atoms with van der Waals surface area (Å²) in [7, 11) is 0. The van der Waals surface area contributed by atoms with Gasteiger partial charge in [0, 0.05) is 24.4 Å². The molecule has 0 aliphatic carbocycles. The minimum Gasteiger partial charge on any atom is -0.378 e. The summed E-state index contributed by atoms with van der Waals surface area (Å²) in [5.41, 5.74) is 3.55. The van der Waals surface area contributed by atoms with Gasteiger partial charge in [-0.15, -0.1) is 0 Å². The Labute approximate surface area is 128 Å². The molecule has 0 aromatic carbocycles. The van der Waals surface area contributed by atoms with Gasteiger partial charge in [0.15, 0.2) is 0 Å². The fourth-order valence-electron chi connectivity index (χ4n) is 2.88. The molecule has 4 nitrogen and oxygen atoms in total. The fraction of sp³-hybridized carbons (Fsp3) is 0.765. The zero-order valence-corrected chi connectivity index (χ0v) is 13.9. The summed E-state index contributed by atoms with van der Waals surface area (Å²) >= 11 is 0. The first kappa shape index (κ1) is 16.4. The Balaban J connectivity index is 1.92. The highest BCUT2D eigenvalue weighted by Crippen LogP contribution is 2.17. The Morgan fingerprint density at radius 1 is 1.24 bits per heavy atom. The van der Waals surface area contributed by atoms with Crippen molar-refractivity contribution in [2.24, 2.45) is 5.92 Å². The molecule has 2 rings (SSSR count). The summed E-state index contributed by atoms with van der Waals surface area (Å²) in [5, 5.41) is 3.49. The maximum atomic E-state index is 5.68. The first-order chi connectivity index (χ1) is 10.1. The lowest BCUT2D eigenvalue weighted by molar-refractivity contribution is 0.110. The summed E-state index contributed by atoms with van der Waals surface area (Å²) < 4.78 is 5.68. The van der Waals surface area contributed by atoms with E-state index in [9.17, 15) is 0 Å². The van der Waals surface area contributed by atoms with Crippen LogP contribution in [0.25, 0.3) is 0 Å². The molecule has 1 aliphatic rings. The molecule has 1 aromatic rings. The van der Waals surface area contributed by atoms with E-state index in [1.54, 1.807) is 0 Å². The predicted octanol–water partition coefficient (Wildman–Crippen LogP) is 2.60. The number of ether oxygens (including phenoxy) is 1. The molecule has 21 heavy (non-hydrogen) atoms. The topological polar surface area (TPSA) is 47.0 Å². The van der Waals surface area contributed by atoms with Gasteiger partial charge in [0.25, 0.3) is 0 Å². The monoisotopic (exact) mass is 291 g/mol. The molecule has 0 amide bonds. The molecule has 0 saturated carbocycles. The number of nitrogens with one attached hydrogen (secondary N) is 1. The lowest BCUT2D eigenvalue weighted by atomic mass is 10.1. The minimum atomic E-state index is 0.322. The van der Waals surface area contributed by atoms with Crippen molar-refractivity contribution in [3.05, 3.63) is 22.8 Å². The van der Waals surface area contributed by atoms with Gasteiger partial charge < -0.3 is 10.1 Å². The van der Waals surface area contributed by atoms with E-state index in [1.807, 2.05) is 0 Å². The molecule has 118 valence electrons. The van der Waals surface area contributed by atoms with Crippen LogP contribution in [-0.2, 0) is 17.6 Å². The van der Waals surface area contributed by atoms with Crippen LogP contribution in [0.2, 0.25) is 0 Å². The Bertz CT molecular complexity index is 430. The largest absolute Gasteiger partial charge is 0.378 e. The third-order valence-electron chi connectivity index (χ3n) is 4.01. The van der Waals surface area contributed by atoms with Crippen molar-refractivity contribution >= 4 is 0 Å². The summed E-state index contributed by atoms with van der Waals surface area (Å²) in [4.78, 5) is 9.38. The van der Waals surface area contributed by atoms with Gasteiger partial charge in [0.1, 0.15) is 5.82 Å². The first-order valence-corrected chi connectivity index (χ1v) is 8.21. The maximum absolute atomic E-state index is 5.68. The van der Waals surface area contributed by atoms with Gasteiger partial charge >= 0.3 is 0 Å². The molecule has 1 aromatic heterocycles. The van der Waals surface area contributed by atoms with E-state index in [-0.39, 0.29) is 0 Å². The quantitative estimate of drug-likeness (QED) is 0.785. The van der Waals surface area contributed by atoms with Gasteiger partial charge in [-0.05, 0) is 57.7 Å². The summed E-state index contributed by atoms with van der Waals surface area (Å²) in [6.07, 6.45) is 4.49. The van der Waals surface area contributed by atoms with Gasteiger partial charge in [-0.1, -0.05) is 13.8 Å². The Kier molecular flexibility index (Phi) is 6.12. The van der Waals surface area contributed by atoms with Crippen molar-refractivity contribution < 1.29 is 4.74 Å². The SMILES string of the molecule is Cc1nc(CC2CCCO2)nc(C)c1CCNCC(C)C. The van der Waals surface area contributed by atoms with Crippen molar-refractivity contribution in [1.29, 1.82) is 0 Å².